The van der Waals surface area contributed by atoms with Gasteiger partial charge in [-0.3, -0.25) is 4.79 Å². The van der Waals surface area contributed by atoms with E-state index in [9.17, 15) is 9.59 Å². The molecule has 2 rings (SSSR count). The first-order valence-electron chi connectivity index (χ1n) is 7.47. The van der Waals surface area contributed by atoms with Gasteiger partial charge in [0.25, 0.3) is 0 Å². The van der Waals surface area contributed by atoms with E-state index in [2.05, 4.69) is 5.32 Å². The zero-order chi connectivity index (χ0) is 17.4. The number of benzene rings is 2. The van der Waals surface area contributed by atoms with Crippen LogP contribution in [0.2, 0.25) is 0 Å². The number of thioether (sulfide) groups is 1. The topological polar surface area (TPSA) is 64.6 Å². The Kier molecular flexibility index (Phi) is 6.69. The Hall–Kier alpha value is -2.47. The first-order chi connectivity index (χ1) is 11.6. The van der Waals surface area contributed by atoms with Crippen molar-refractivity contribution in [2.75, 3.05) is 24.8 Å². The van der Waals surface area contributed by atoms with Crippen LogP contribution < -0.4 is 10.1 Å². The molecule has 0 radical (unpaired) electrons. The molecule has 0 heterocycles. The van der Waals surface area contributed by atoms with Crippen LogP contribution in [0.15, 0.2) is 53.4 Å². The number of ether oxygens (including phenoxy) is 2. The van der Waals surface area contributed by atoms with Crippen LogP contribution in [-0.4, -0.2) is 31.3 Å². The average molecular weight is 345 g/mol. The smallest absolute Gasteiger partial charge is 0.339 e. The molecule has 24 heavy (non-hydrogen) atoms. The van der Waals surface area contributed by atoms with Crippen molar-refractivity contribution < 1.29 is 19.1 Å². The highest BCUT2D eigenvalue weighted by Crippen LogP contribution is 2.22. The fourth-order valence-electron chi connectivity index (χ4n) is 2.01. The van der Waals surface area contributed by atoms with E-state index in [1.807, 2.05) is 31.2 Å². The van der Waals surface area contributed by atoms with Crippen LogP contribution in [0.3, 0.4) is 0 Å². The van der Waals surface area contributed by atoms with Gasteiger partial charge in [0.1, 0.15) is 5.75 Å². The van der Waals surface area contributed by atoms with Crippen LogP contribution in [0, 0.1) is 0 Å². The summed E-state index contributed by atoms with van der Waals surface area (Å²) in [6.45, 7) is 2.55. The third-order valence-corrected chi connectivity index (χ3v) is 4.12. The number of rotatable bonds is 7. The summed E-state index contributed by atoms with van der Waals surface area (Å²) in [5.74, 6) is 0.373. The van der Waals surface area contributed by atoms with Crippen molar-refractivity contribution in [2.45, 2.75) is 11.8 Å². The van der Waals surface area contributed by atoms with Crippen LogP contribution in [0.25, 0.3) is 0 Å². The maximum atomic E-state index is 12.1. The predicted octanol–water partition coefficient (Wildman–Crippen LogP) is 3.60. The van der Waals surface area contributed by atoms with E-state index in [0.717, 1.165) is 10.6 Å². The average Bonchev–Trinajstić information content (AvgIpc) is 2.61. The van der Waals surface area contributed by atoms with Gasteiger partial charge in [0.05, 0.1) is 30.7 Å². The highest BCUT2D eigenvalue weighted by Gasteiger charge is 2.13. The second kappa shape index (κ2) is 8.98. The van der Waals surface area contributed by atoms with Gasteiger partial charge in [0.15, 0.2) is 0 Å². The summed E-state index contributed by atoms with van der Waals surface area (Å²) in [6, 6.07) is 14.3. The number of hydrogen-bond acceptors (Lipinski definition) is 5. The van der Waals surface area contributed by atoms with Gasteiger partial charge in [0.2, 0.25) is 5.91 Å². The van der Waals surface area contributed by atoms with Crippen LogP contribution >= 0.6 is 11.8 Å². The highest BCUT2D eigenvalue weighted by molar-refractivity contribution is 8.00. The van der Waals surface area contributed by atoms with Crippen molar-refractivity contribution in [3.8, 4) is 5.75 Å². The van der Waals surface area contributed by atoms with Gasteiger partial charge in [-0.15, -0.1) is 11.8 Å². The predicted molar refractivity (Wildman–Crippen MR) is 94.7 cm³/mol. The number of amides is 1. The number of anilines is 1. The number of methoxy groups -OCH3 is 1. The molecule has 0 atom stereocenters. The number of carbonyl (C=O) groups excluding carboxylic acids is 2. The van der Waals surface area contributed by atoms with Crippen molar-refractivity contribution in [1.29, 1.82) is 0 Å². The van der Waals surface area contributed by atoms with E-state index in [-0.39, 0.29) is 11.7 Å². The van der Waals surface area contributed by atoms with Crippen LogP contribution in [0.5, 0.6) is 5.75 Å². The molecular weight excluding hydrogens is 326 g/mol. The van der Waals surface area contributed by atoms with E-state index < -0.39 is 5.97 Å². The Labute approximate surface area is 145 Å². The molecule has 0 aliphatic rings. The van der Waals surface area contributed by atoms with Crippen LogP contribution in [0.4, 0.5) is 5.69 Å². The molecular formula is C18H19NO4S. The molecule has 0 spiro atoms. The maximum absolute atomic E-state index is 12.1. The molecule has 0 unspecified atom stereocenters. The summed E-state index contributed by atoms with van der Waals surface area (Å²) in [4.78, 5) is 24.8. The molecule has 0 aliphatic carbocycles. The third kappa shape index (κ3) is 5.03. The van der Waals surface area contributed by atoms with Crippen molar-refractivity contribution in [3.05, 3.63) is 54.1 Å². The molecule has 2 aromatic carbocycles. The minimum Gasteiger partial charge on any atom is -0.494 e. The Morgan fingerprint density at radius 2 is 1.79 bits per heavy atom. The molecule has 1 N–H and O–H groups in total. The van der Waals surface area contributed by atoms with E-state index in [0.29, 0.717) is 17.9 Å². The molecule has 0 fully saturated rings. The second-order valence-electron chi connectivity index (χ2n) is 4.78. The van der Waals surface area contributed by atoms with E-state index in [1.54, 1.807) is 24.3 Å². The Bertz CT molecular complexity index is 700. The minimum absolute atomic E-state index is 0.190. The Morgan fingerprint density at radius 3 is 2.46 bits per heavy atom. The molecule has 0 saturated carbocycles. The van der Waals surface area contributed by atoms with Crippen molar-refractivity contribution in [3.63, 3.8) is 0 Å². The normalized spacial score (nSPS) is 10.1. The molecule has 0 bridgehead atoms. The van der Waals surface area contributed by atoms with Crippen molar-refractivity contribution in [1.82, 2.24) is 0 Å². The lowest BCUT2D eigenvalue weighted by Gasteiger charge is -2.09. The number of hydrogen-bond donors (Lipinski definition) is 1. The first kappa shape index (κ1) is 17.9. The molecule has 6 heteroatoms. The quantitative estimate of drug-likeness (QED) is 0.613. The third-order valence-electron chi connectivity index (χ3n) is 3.11. The number of para-hydroxylation sites is 1. The molecule has 0 saturated heterocycles. The number of nitrogens with one attached hydrogen (secondary N) is 1. The first-order valence-corrected chi connectivity index (χ1v) is 8.45. The van der Waals surface area contributed by atoms with E-state index >= 15 is 0 Å². The SMILES string of the molecule is CCOc1ccc(SCC(=O)Nc2ccccc2C(=O)OC)cc1. The van der Waals surface area contributed by atoms with E-state index in [4.69, 9.17) is 9.47 Å². The molecule has 1 amide bonds. The Balaban J connectivity index is 1.93. The molecule has 0 aromatic heterocycles. The highest BCUT2D eigenvalue weighted by atomic mass is 32.2. The molecule has 0 aliphatic heterocycles. The molecule has 126 valence electrons. The maximum Gasteiger partial charge on any atom is 0.339 e. The van der Waals surface area contributed by atoms with Gasteiger partial charge in [-0.2, -0.15) is 0 Å². The van der Waals surface area contributed by atoms with Gasteiger partial charge >= 0.3 is 5.97 Å². The molecule has 5 nitrogen and oxygen atoms in total. The van der Waals surface area contributed by atoms with Crippen LogP contribution in [-0.2, 0) is 9.53 Å². The largest absolute Gasteiger partial charge is 0.494 e. The summed E-state index contributed by atoms with van der Waals surface area (Å²) >= 11 is 1.41. The summed E-state index contributed by atoms with van der Waals surface area (Å²) in [7, 11) is 1.31. The van der Waals surface area contributed by atoms with Gasteiger partial charge < -0.3 is 14.8 Å². The van der Waals surface area contributed by atoms with Gasteiger partial charge in [-0.05, 0) is 43.3 Å². The van der Waals surface area contributed by atoms with Crippen LogP contribution in [0.1, 0.15) is 17.3 Å². The monoisotopic (exact) mass is 345 g/mol. The second-order valence-corrected chi connectivity index (χ2v) is 5.83. The van der Waals surface area contributed by atoms with E-state index in [1.165, 1.54) is 18.9 Å². The Morgan fingerprint density at radius 1 is 1.08 bits per heavy atom. The lowest BCUT2D eigenvalue weighted by atomic mass is 10.2. The van der Waals surface area contributed by atoms with Crippen molar-refractivity contribution >= 4 is 29.3 Å². The summed E-state index contributed by atoms with van der Waals surface area (Å²) in [5.41, 5.74) is 0.779. The number of carbonyl (C=O) groups is 2. The standard InChI is InChI=1S/C18H19NO4S/c1-3-23-13-8-10-14(11-9-13)24-12-17(20)19-16-7-5-4-6-15(16)18(21)22-2/h4-11H,3,12H2,1-2H3,(H,19,20). The zero-order valence-electron chi connectivity index (χ0n) is 13.6. The van der Waals surface area contributed by atoms with Crippen molar-refractivity contribution in [2.24, 2.45) is 0 Å². The molecule has 2 aromatic rings. The fraction of sp³-hybridized carbons (Fsp3) is 0.222. The van der Waals surface area contributed by atoms with Gasteiger partial charge in [0, 0.05) is 4.90 Å². The fourth-order valence-corrected chi connectivity index (χ4v) is 2.71. The van der Waals surface area contributed by atoms with Gasteiger partial charge in [-0.1, -0.05) is 12.1 Å². The minimum atomic E-state index is -0.481. The lowest BCUT2D eigenvalue weighted by Crippen LogP contribution is -2.17. The summed E-state index contributed by atoms with van der Waals surface area (Å²) < 4.78 is 10.1. The summed E-state index contributed by atoms with van der Waals surface area (Å²) in [6.07, 6.45) is 0. The van der Waals surface area contributed by atoms with Gasteiger partial charge in [-0.25, -0.2) is 4.79 Å². The number of esters is 1. The zero-order valence-corrected chi connectivity index (χ0v) is 14.4. The summed E-state index contributed by atoms with van der Waals surface area (Å²) in [5, 5.41) is 2.74. The lowest BCUT2D eigenvalue weighted by molar-refractivity contribution is -0.113.